The Balaban J connectivity index is 2.74. The van der Waals surface area contributed by atoms with E-state index in [-0.39, 0.29) is 11.3 Å². The van der Waals surface area contributed by atoms with Crippen LogP contribution in [0.1, 0.15) is 38.0 Å². The summed E-state index contributed by atoms with van der Waals surface area (Å²) in [5.41, 5.74) is 6.89. The van der Waals surface area contributed by atoms with Crippen molar-refractivity contribution in [2.24, 2.45) is 11.7 Å². The monoisotopic (exact) mass is 280 g/mol. The minimum atomic E-state index is -0.504. The van der Waals surface area contributed by atoms with Crippen molar-refractivity contribution in [1.29, 1.82) is 0 Å². The van der Waals surface area contributed by atoms with E-state index >= 15 is 0 Å². The topological polar surface area (TPSA) is 73.8 Å². The number of hydrogen-bond acceptors (Lipinski definition) is 3. The number of rotatable bonds is 4. The van der Waals surface area contributed by atoms with Crippen LogP contribution < -0.4 is 5.73 Å². The van der Waals surface area contributed by atoms with E-state index < -0.39 is 11.9 Å². The standard InChI is InChI=1S/C13H17ClN4O/c1-7(2)10(11(15)19)18-12(8(3)14)17-9-5-4-6-16-13(9)18/h4-8,10H,1-3H3,(H2,15,19). The molecule has 19 heavy (non-hydrogen) atoms. The van der Waals surface area contributed by atoms with E-state index in [9.17, 15) is 4.79 Å². The van der Waals surface area contributed by atoms with Crippen molar-refractivity contribution in [1.82, 2.24) is 14.5 Å². The number of nitrogens with zero attached hydrogens (tertiary/aromatic N) is 3. The maximum absolute atomic E-state index is 11.8. The molecule has 2 unspecified atom stereocenters. The van der Waals surface area contributed by atoms with Crippen LogP contribution in [0.15, 0.2) is 18.3 Å². The van der Waals surface area contributed by atoms with Crippen LogP contribution in [0.25, 0.3) is 11.2 Å². The number of carbonyl (C=O) groups is 1. The Morgan fingerprint density at radius 2 is 2.11 bits per heavy atom. The fourth-order valence-electron chi connectivity index (χ4n) is 2.26. The lowest BCUT2D eigenvalue weighted by atomic mass is 10.0. The second kappa shape index (κ2) is 5.17. The summed E-state index contributed by atoms with van der Waals surface area (Å²) in [7, 11) is 0. The molecule has 0 aromatic carbocycles. The lowest BCUT2D eigenvalue weighted by molar-refractivity contribution is -0.122. The molecular formula is C13H17ClN4O. The van der Waals surface area contributed by atoms with Crippen molar-refractivity contribution >= 4 is 28.7 Å². The average Bonchev–Trinajstić information content (AvgIpc) is 2.68. The van der Waals surface area contributed by atoms with Crippen molar-refractivity contribution in [2.45, 2.75) is 32.2 Å². The zero-order chi connectivity index (χ0) is 14.2. The molecule has 0 bridgehead atoms. The molecule has 0 fully saturated rings. The number of imidazole rings is 1. The van der Waals surface area contributed by atoms with Gasteiger partial charge in [-0.05, 0) is 25.0 Å². The van der Waals surface area contributed by atoms with Crippen molar-refractivity contribution in [3.8, 4) is 0 Å². The third kappa shape index (κ3) is 2.42. The summed E-state index contributed by atoms with van der Waals surface area (Å²) >= 11 is 6.17. The second-order valence-electron chi connectivity index (χ2n) is 4.89. The number of nitrogens with two attached hydrogens (primary N) is 1. The number of fused-ring (bicyclic) bond motifs is 1. The fraction of sp³-hybridized carbons (Fsp3) is 0.462. The lowest BCUT2D eigenvalue weighted by Crippen LogP contribution is -2.31. The van der Waals surface area contributed by atoms with Crippen LogP contribution in [0.4, 0.5) is 0 Å². The second-order valence-corrected chi connectivity index (χ2v) is 5.55. The van der Waals surface area contributed by atoms with Gasteiger partial charge in [0.2, 0.25) is 5.91 Å². The zero-order valence-corrected chi connectivity index (χ0v) is 11.9. The van der Waals surface area contributed by atoms with Crippen LogP contribution in [0.5, 0.6) is 0 Å². The van der Waals surface area contributed by atoms with E-state index in [1.165, 1.54) is 0 Å². The molecule has 0 aliphatic heterocycles. The molecule has 2 aromatic heterocycles. The van der Waals surface area contributed by atoms with Gasteiger partial charge in [-0.2, -0.15) is 0 Å². The van der Waals surface area contributed by atoms with E-state index in [0.717, 1.165) is 5.52 Å². The molecular weight excluding hydrogens is 264 g/mol. The first-order valence-corrected chi connectivity index (χ1v) is 6.63. The molecule has 0 saturated heterocycles. The summed E-state index contributed by atoms with van der Waals surface area (Å²) in [6, 6.07) is 3.15. The summed E-state index contributed by atoms with van der Waals surface area (Å²) in [6.45, 7) is 5.69. The van der Waals surface area contributed by atoms with Gasteiger partial charge in [0.05, 0.1) is 5.38 Å². The molecule has 2 rings (SSSR count). The van der Waals surface area contributed by atoms with Crippen molar-refractivity contribution in [3.63, 3.8) is 0 Å². The molecule has 2 atom stereocenters. The maximum Gasteiger partial charge on any atom is 0.240 e. The van der Waals surface area contributed by atoms with Crippen molar-refractivity contribution < 1.29 is 4.79 Å². The zero-order valence-electron chi connectivity index (χ0n) is 11.2. The summed E-state index contributed by atoms with van der Waals surface area (Å²) in [5, 5.41) is -0.324. The van der Waals surface area contributed by atoms with Crippen molar-refractivity contribution in [2.75, 3.05) is 0 Å². The Hall–Kier alpha value is -1.62. The molecule has 102 valence electrons. The Morgan fingerprint density at radius 1 is 1.42 bits per heavy atom. The largest absolute Gasteiger partial charge is 0.368 e. The highest BCUT2D eigenvalue weighted by molar-refractivity contribution is 6.20. The number of hydrogen-bond donors (Lipinski definition) is 1. The first kappa shape index (κ1) is 13.8. The Labute approximate surface area is 116 Å². The van der Waals surface area contributed by atoms with Gasteiger partial charge < -0.3 is 5.73 Å². The van der Waals surface area contributed by atoms with Crippen LogP contribution in [-0.2, 0) is 4.79 Å². The highest BCUT2D eigenvalue weighted by atomic mass is 35.5. The number of halogens is 1. The third-order valence-corrected chi connectivity index (χ3v) is 3.23. The molecule has 0 aliphatic rings. The van der Waals surface area contributed by atoms with Crippen LogP contribution in [-0.4, -0.2) is 20.4 Å². The van der Waals surface area contributed by atoms with Gasteiger partial charge in [-0.15, -0.1) is 11.6 Å². The van der Waals surface area contributed by atoms with Crippen LogP contribution in [0, 0.1) is 5.92 Å². The highest BCUT2D eigenvalue weighted by Gasteiger charge is 2.28. The quantitative estimate of drug-likeness (QED) is 0.874. The molecule has 0 saturated carbocycles. The predicted molar refractivity (Wildman–Crippen MR) is 74.9 cm³/mol. The molecule has 2 heterocycles. The lowest BCUT2D eigenvalue weighted by Gasteiger charge is -2.22. The first-order chi connectivity index (χ1) is 8.93. The molecule has 5 nitrogen and oxygen atoms in total. The van der Waals surface area contributed by atoms with Crippen LogP contribution >= 0.6 is 11.6 Å². The van der Waals surface area contributed by atoms with Crippen LogP contribution in [0.2, 0.25) is 0 Å². The molecule has 6 heteroatoms. The van der Waals surface area contributed by atoms with Crippen LogP contribution in [0.3, 0.4) is 0 Å². The molecule has 2 N–H and O–H groups in total. The summed E-state index contributed by atoms with van der Waals surface area (Å²) < 4.78 is 1.76. The number of primary amides is 1. The average molecular weight is 281 g/mol. The molecule has 0 radical (unpaired) electrons. The highest BCUT2D eigenvalue weighted by Crippen LogP contribution is 2.30. The first-order valence-electron chi connectivity index (χ1n) is 6.19. The minimum Gasteiger partial charge on any atom is -0.368 e. The number of carbonyl (C=O) groups excluding carboxylic acids is 1. The van der Waals surface area contributed by atoms with Gasteiger partial charge in [0.1, 0.15) is 17.4 Å². The molecule has 2 aromatic rings. The van der Waals surface area contributed by atoms with Gasteiger partial charge in [-0.25, -0.2) is 9.97 Å². The minimum absolute atomic E-state index is 0.0334. The molecule has 0 spiro atoms. The molecule has 0 aliphatic carbocycles. The summed E-state index contributed by atoms with van der Waals surface area (Å²) in [6.07, 6.45) is 1.67. The van der Waals surface area contributed by atoms with E-state index in [1.807, 2.05) is 26.8 Å². The number of pyridine rings is 1. The normalized spacial score (nSPS) is 14.8. The Morgan fingerprint density at radius 3 is 2.63 bits per heavy atom. The molecule has 1 amide bonds. The maximum atomic E-state index is 11.8. The van der Waals surface area contributed by atoms with Gasteiger partial charge in [-0.3, -0.25) is 9.36 Å². The van der Waals surface area contributed by atoms with E-state index in [2.05, 4.69) is 9.97 Å². The number of aromatic nitrogens is 3. The summed E-state index contributed by atoms with van der Waals surface area (Å²) in [4.78, 5) is 20.5. The predicted octanol–water partition coefficient (Wildman–Crippen LogP) is 2.41. The van der Waals surface area contributed by atoms with Gasteiger partial charge in [0.25, 0.3) is 0 Å². The van der Waals surface area contributed by atoms with Gasteiger partial charge in [0.15, 0.2) is 5.65 Å². The van der Waals surface area contributed by atoms with E-state index in [4.69, 9.17) is 17.3 Å². The number of alkyl halides is 1. The van der Waals surface area contributed by atoms with Gasteiger partial charge in [-0.1, -0.05) is 13.8 Å². The van der Waals surface area contributed by atoms with E-state index in [0.29, 0.717) is 11.5 Å². The van der Waals surface area contributed by atoms with Crippen molar-refractivity contribution in [3.05, 3.63) is 24.2 Å². The fourth-order valence-corrected chi connectivity index (χ4v) is 2.41. The Bertz CT molecular complexity index is 606. The van der Waals surface area contributed by atoms with Gasteiger partial charge >= 0.3 is 0 Å². The number of amides is 1. The van der Waals surface area contributed by atoms with E-state index in [1.54, 1.807) is 16.8 Å². The Kier molecular flexibility index (Phi) is 3.75. The third-order valence-electron chi connectivity index (χ3n) is 3.03. The SMILES string of the molecule is CC(Cl)c1nc2cccnc2n1C(C(N)=O)C(C)C. The van der Waals surface area contributed by atoms with Gasteiger partial charge in [0, 0.05) is 6.20 Å². The summed E-state index contributed by atoms with van der Waals surface area (Å²) in [5.74, 6) is 0.248. The smallest absolute Gasteiger partial charge is 0.240 e.